The highest BCUT2D eigenvalue weighted by molar-refractivity contribution is 5.60. The van der Waals surface area contributed by atoms with Crippen LogP contribution in [0.15, 0.2) is 48.8 Å². The minimum Gasteiger partial charge on any atom is -0.353 e. The number of hydrogen-bond donors (Lipinski definition) is 2. The lowest BCUT2D eigenvalue weighted by Gasteiger charge is -2.09. The largest absolute Gasteiger partial charge is 0.353 e. The van der Waals surface area contributed by atoms with Crippen molar-refractivity contribution in [2.45, 2.75) is 32.6 Å². The molecule has 0 bridgehead atoms. The van der Waals surface area contributed by atoms with Crippen LogP contribution in [0.4, 0.5) is 23.0 Å². The molecule has 3 aromatic rings. The number of nitrogens with one attached hydrogen (secondary N) is 2. The number of aromatic nitrogens is 3. The van der Waals surface area contributed by atoms with Crippen LogP contribution in [-0.2, 0) is 0 Å². The number of pyridine rings is 1. The first-order chi connectivity index (χ1) is 12.2. The summed E-state index contributed by atoms with van der Waals surface area (Å²) in [6, 6.07) is 12.5. The second-order valence-electron chi connectivity index (χ2n) is 6.58. The average molecular weight is 331 g/mol. The van der Waals surface area contributed by atoms with E-state index in [1.807, 2.05) is 32.0 Å². The molecule has 2 heterocycles. The molecule has 1 aromatic carbocycles. The molecule has 0 radical (unpaired) electrons. The van der Waals surface area contributed by atoms with Crippen molar-refractivity contribution in [1.82, 2.24) is 15.0 Å². The third-order valence-electron chi connectivity index (χ3n) is 4.21. The summed E-state index contributed by atoms with van der Waals surface area (Å²) in [6.07, 6.45) is 6.17. The summed E-state index contributed by atoms with van der Waals surface area (Å²) in [6.45, 7) is 3.97. The van der Waals surface area contributed by atoms with Crippen molar-refractivity contribution in [1.29, 1.82) is 0 Å². The van der Waals surface area contributed by atoms with E-state index < -0.39 is 0 Å². The van der Waals surface area contributed by atoms with Gasteiger partial charge in [-0.2, -0.15) is 0 Å². The van der Waals surface area contributed by atoms with Gasteiger partial charge in [0.05, 0.1) is 18.1 Å². The van der Waals surface area contributed by atoms with E-state index in [0.717, 1.165) is 34.4 Å². The lowest BCUT2D eigenvalue weighted by molar-refractivity contribution is 1.12. The first-order valence-corrected chi connectivity index (χ1v) is 8.57. The molecule has 5 nitrogen and oxygen atoms in total. The summed E-state index contributed by atoms with van der Waals surface area (Å²) in [4.78, 5) is 13.2. The van der Waals surface area contributed by atoms with Crippen molar-refractivity contribution in [3.63, 3.8) is 0 Å². The zero-order chi connectivity index (χ0) is 17.2. The van der Waals surface area contributed by atoms with Gasteiger partial charge in [0.25, 0.3) is 0 Å². The van der Waals surface area contributed by atoms with Gasteiger partial charge in [-0.3, -0.25) is 4.98 Å². The smallest absolute Gasteiger partial charge is 0.227 e. The Morgan fingerprint density at radius 3 is 2.24 bits per heavy atom. The lowest BCUT2D eigenvalue weighted by atomic mass is 10.1. The van der Waals surface area contributed by atoms with Crippen LogP contribution in [-0.4, -0.2) is 15.0 Å². The van der Waals surface area contributed by atoms with Crippen LogP contribution in [0.5, 0.6) is 0 Å². The van der Waals surface area contributed by atoms with Gasteiger partial charge in [-0.15, -0.1) is 0 Å². The Kier molecular flexibility index (Phi) is 4.06. The Bertz CT molecular complexity index is 865. The molecule has 0 saturated heterocycles. The first-order valence-electron chi connectivity index (χ1n) is 8.57. The van der Waals surface area contributed by atoms with Crippen molar-refractivity contribution in [2.24, 2.45) is 0 Å². The van der Waals surface area contributed by atoms with Crippen LogP contribution in [0.1, 0.15) is 35.7 Å². The van der Waals surface area contributed by atoms with Crippen LogP contribution < -0.4 is 10.6 Å². The van der Waals surface area contributed by atoms with E-state index in [-0.39, 0.29) is 0 Å². The van der Waals surface area contributed by atoms with Gasteiger partial charge in [0, 0.05) is 22.8 Å². The highest BCUT2D eigenvalue weighted by Crippen LogP contribution is 2.40. The fraction of sp³-hybridized carbons (Fsp3) is 0.250. The van der Waals surface area contributed by atoms with E-state index in [4.69, 9.17) is 0 Å². The Labute approximate surface area is 147 Å². The molecule has 1 saturated carbocycles. The highest BCUT2D eigenvalue weighted by atomic mass is 15.1. The molecule has 0 amide bonds. The normalized spacial score (nSPS) is 13.5. The lowest BCUT2D eigenvalue weighted by Crippen LogP contribution is -1.99. The topological polar surface area (TPSA) is 62.7 Å². The third kappa shape index (κ3) is 3.94. The Morgan fingerprint density at radius 1 is 0.840 bits per heavy atom. The predicted molar refractivity (Wildman–Crippen MR) is 101 cm³/mol. The average Bonchev–Trinajstić information content (AvgIpc) is 3.41. The zero-order valence-corrected chi connectivity index (χ0v) is 14.5. The summed E-state index contributed by atoms with van der Waals surface area (Å²) in [5.41, 5.74) is 6.24. The molecule has 0 spiro atoms. The second-order valence-corrected chi connectivity index (χ2v) is 6.58. The van der Waals surface area contributed by atoms with Gasteiger partial charge in [0.1, 0.15) is 0 Å². The van der Waals surface area contributed by atoms with Crippen molar-refractivity contribution in [3.8, 4) is 0 Å². The van der Waals surface area contributed by atoms with Crippen molar-refractivity contribution in [2.75, 3.05) is 10.6 Å². The summed E-state index contributed by atoms with van der Waals surface area (Å²) >= 11 is 0. The molecule has 126 valence electrons. The number of aryl methyl sites for hydroxylation is 2. The van der Waals surface area contributed by atoms with Gasteiger partial charge in [-0.05, 0) is 62.4 Å². The Hall–Kier alpha value is -2.95. The number of anilines is 4. The van der Waals surface area contributed by atoms with Gasteiger partial charge < -0.3 is 10.6 Å². The Morgan fingerprint density at radius 2 is 1.56 bits per heavy atom. The van der Waals surface area contributed by atoms with Crippen molar-refractivity contribution < 1.29 is 0 Å². The van der Waals surface area contributed by atoms with Crippen LogP contribution in [0.3, 0.4) is 0 Å². The van der Waals surface area contributed by atoms with Gasteiger partial charge in [0.15, 0.2) is 0 Å². The maximum atomic E-state index is 4.40. The summed E-state index contributed by atoms with van der Waals surface area (Å²) in [7, 11) is 0. The fourth-order valence-electron chi connectivity index (χ4n) is 2.95. The van der Waals surface area contributed by atoms with E-state index >= 15 is 0 Å². The minimum absolute atomic E-state index is 0.598. The molecule has 0 unspecified atom stereocenters. The van der Waals surface area contributed by atoms with Gasteiger partial charge in [0.2, 0.25) is 5.95 Å². The molecule has 1 aliphatic carbocycles. The maximum absolute atomic E-state index is 4.40. The Balaban J connectivity index is 1.45. The quantitative estimate of drug-likeness (QED) is 0.699. The van der Waals surface area contributed by atoms with Crippen LogP contribution in [0.25, 0.3) is 0 Å². The highest BCUT2D eigenvalue weighted by Gasteiger charge is 2.23. The molecule has 5 heteroatoms. The minimum atomic E-state index is 0.598. The van der Waals surface area contributed by atoms with Crippen LogP contribution >= 0.6 is 0 Å². The molecule has 2 N–H and O–H groups in total. The number of benzene rings is 1. The predicted octanol–water partition coefficient (Wildman–Crippen LogP) is 4.85. The van der Waals surface area contributed by atoms with Gasteiger partial charge in [-0.1, -0.05) is 12.1 Å². The summed E-state index contributed by atoms with van der Waals surface area (Å²) < 4.78 is 0. The molecule has 1 fully saturated rings. The van der Waals surface area contributed by atoms with E-state index in [0.29, 0.717) is 5.95 Å². The molecule has 0 atom stereocenters. The summed E-state index contributed by atoms with van der Waals surface area (Å²) in [5, 5.41) is 6.59. The van der Waals surface area contributed by atoms with E-state index in [1.165, 1.54) is 18.4 Å². The van der Waals surface area contributed by atoms with E-state index in [9.17, 15) is 0 Å². The number of hydrogen-bond acceptors (Lipinski definition) is 5. The summed E-state index contributed by atoms with van der Waals surface area (Å²) in [5.74, 6) is 1.34. The maximum Gasteiger partial charge on any atom is 0.227 e. The number of nitrogens with zero attached hydrogens (tertiary/aromatic N) is 3. The second kappa shape index (κ2) is 6.51. The molecular weight excluding hydrogens is 310 g/mol. The fourth-order valence-corrected chi connectivity index (χ4v) is 2.95. The van der Waals surface area contributed by atoms with Crippen LogP contribution in [0, 0.1) is 13.8 Å². The van der Waals surface area contributed by atoms with Crippen molar-refractivity contribution >= 4 is 23.0 Å². The standard InChI is InChI=1S/C20H21N5/c1-13-8-18(9-14(2)23-13)24-19-11-21-20(22-12-19)25-17-5-3-4-16(10-17)15-6-7-15/h3-5,8-12,15H,6-7H2,1-2H3,(H,23,24)(H,21,22,25). The molecule has 25 heavy (non-hydrogen) atoms. The van der Waals surface area contributed by atoms with Gasteiger partial charge in [-0.25, -0.2) is 9.97 Å². The van der Waals surface area contributed by atoms with Crippen molar-refractivity contribution in [3.05, 3.63) is 65.7 Å². The first kappa shape index (κ1) is 15.6. The molecular formula is C20H21N5. The SMILES string of the molecule is Cc1cc(Nc2cnc(Nc3cccc(C4CC4)c3)nc2)cc(C)n1. The molecule has 4 rings (SSSR count). The van der Waals surface area contributed by atoms with Gasteiger partial charge >= 0.3 is 0 Å². The van der Waals surface area contributed by atoms with E-state index in [2.05, 4.69) is 43.8 Å². The van der Waals surface area contributed by atoms with Crippen LogP contribution in [0.2, 0.25) is 0 Å². The molecule has 1 aliphatic rings. The molecule has 2 aromatic heterocycles. The van der Waals surface area contributed by atoms with E-state index in [1.54, 1.807) is 12.4 Å². The number of rotatable bonds is 5. The third-order valence-corrected chi connectivity index (χ3v) is 4.21. The molecule has 0 aliphatic heterocycles. The monoisotopic (exact) mass is 331 g/mol. The zero-order valence-electron chi connectivity index (χ0n) is 14.5.